The Balaban J connectivity index is 0.000000204. The van der Waals surface area contributed by atoms with Crippen LogP contribution in [0.1, 0.15) is 26.7 Å². The molecule has 11 rings (SSSR count). The van der Waals surface area contributed by atoms with Crippen LogP contribution in [0.2, 0.25) is 17.3 Å². The fourth-order valence-corrected chi connectivity index (χ4v) is 11.9. The van der Waals surface area contributed by atoms with Gasteiger partial charge in [-0.25, -0.2) is 0 Å². The molecule has 3 heterocycles. The van der Waals surface area contributed by atoms with Crippen LogP contribution in [0.15, 0.2) is 180 Å². The number of rotatable bonds is 6. The second-order valence-electron chi connectivity index (χ2n) is 16.8. The van der Waals surface area contributed by atoms with E-state index in [2.05, 4.69) is 178 Å². The first-order chi connectivity index (χ1) is 30.0. The zero-order valence-corrected chi connectivity index (χ0v) is 39.8. The number of benzene rings is 8. The van der Waals surface area contributed by atoms with Gasteiger partial charge in [0.25, 0.3) is 0 Å². The van der Waals surface area contributed by atoms with Gasteiger partial charge in [0.1, 0.15) is 5.58 Å². The van der Waals surface area contributed by atoms with Crippen LogP contribution in [0, 0.1) is 12.1 Å². The number of aromatic nitrogens is 3. The van der Waals surface area contributed by atoms with Crippen molar-refractivity contribution in [1.82, 2.24) is 14.5 Å². The smallest absolute Gasteiger partial charge is 0.128 e. The molecule has 0 bridgehead atoms. The monoisotopic (exact) mass is 1040 g/mol. The molecule has 0 aliphatic heterocycles. The summed E-state index contributed by atoms with van der Waals surface area (Å²) in [6, 6.07) is 65.4. The average molecular weight is 1040 g/mol. The second kappa shape index (κ2) is 17.0. The van der Waals surface area contributed by atoms with Gasteiger partial charge >= 0.3 is 120 Å². The van der Waals surface area contributed by atoms with Crippen molar-refractivity contribution >= 4 is 72.2 Å². The Kier molecular flexibility index (Phi) is 11.0. The van der Waals surface area contributed by atoms with Gasteiger partial charge in [0.2, 0.25) is 0 Å². The normalized spacial score (nSPS) is 12.0. The maximum atomic E-state index is 8.44. The number of hydrogen-bond acceptors (Lipinski definition) is 3. The minimum atomic E-state index is -2.03. The van der Waals surface area contributed by atoms with E-state index >= 15 is 0 Å². The number of pyridine rings is 1. The van der Waals surface area contributed by atoms with Gasteiger partial charge in [-0.2, -0.15) is 0 Å². The molecular formula is C56H45GeIrN3O-2. The standard InChI is InChI=1S/C39H23N2O.C17H22GeN.Ir/c1-2-11-25(12-3-1)28-15-8-9-20-34(28)41-35-24-22-26-13-4-6-16-29(26)36(35)40-39(41)33-19-10-18-31-32-23-21-27-14-5-7-17-30(27)37(32)42-38(31)33;1-13(2)15-11-17(14-9-7-6-8-10-14)19-12-16(15)18(3,4)5;/h1-18,20-24H;6-9,11-13H,1-5H3;/q2*-1;/i;13D;. The summed E-state index contributed by atoms with van der Waals surface area (Å²) in [5.41, 5.74) is 10.9. The van der Waals surface area contributed by atoms with Crippen molar-refractivity contribution in [2.45, 2.75) is 37.0 Å². The molecule has 8 aromatic carbocycles. The van der Waals surface area contributed by atoms with E-state index in [4.69, 9.17) is 10.8 Å². The molecule has 0 atom stereocenters. The zero-order valence-electron chi connectivity index (χ0n) is 36.3. The van der Waals surface area contributed by atoms with E-state index in [9.17, 15) is 0 Å². The van der Waals surface area contributed by atoms with Gasteiger partial charge in [0.05, 0.1) is 22.4 Å². The van der Waals surface area contributed by atoms with E-state index < -0.39 is 19.2 Å². The van der Waals surface area contributed by atoms with Crippen LogP contribution in [-0.4, -0.2) is 27.8 Å². The van der Waals surface area contributed by atoms with E-state index in [0.717, 1.165) is 99.5 Å². The molecule has 62 heavy (non-hydrogen) atoms. The van der Waals surface area contributed by atoms with Crippen LogP contribution < -0.4 is 4.40 Å². The Labute approximate surface area is 380 Å². The van der Waals surface area contributed by atoms with Crippen molar-refractivity contribution in [3.8, 4) is 39.5 Å². The van der Waals surface area contributed by atoms with Gasteiger partial charge in [-0.1, -0.05) is 126 Å². The number of para-hydroxylation sites is 1. The fraction of sp³-hybridized carbons (Fsp3) is 0.107. The Bertz CT molecular complexity index is 3440. The number of fused-ring (bicyclic) bond motifs is 8. The number of hydrogen-bond donors (Lipinski definition) is 0. The molecule has 11 aromatic rings. The first-order valence-electron chi connectivity index (χ1n) is 21.3. The van der Waals surface area contributed by atoms with Gasteiger partial charge in [0.15, 0.2) is 0 Å². The Morgan fingerprint density at radius 3 is 2.08 bits per heavy atom. The summed E-state index contributed by atoms with van der Waals surface area (Å²) < 4.78 is 18.8. The third-order valence-electron chi connectivity index (χ3n) is 11.6. The van der Waals surface area contributed by atoms with Gasteiger partial charge in [-0.05, 0) is 28.5 Å². The van der Waals surface area contributed by atoms with Crippen LogP contribution in [0.25, 0.3) is 94.0 Å². The Hall–Kier alpha value is -6.11. The summed E-state index contributed by atoms with van der Waals surface area (Å²) in [7, 11) is 0. The molecule has 0 aliphatic rings. The zero-order chi connectivity index (χ0) is 42.6. The van der Waals surface area contributed by atoms with Crippen molar-refractivity contribution in [3.63, 3.8) is 0 Å². The van der Waals surface area contributed by atoms with Crippen LogP contribution >= 0.6 is 0 Å². The molecule has 3 aromatic heterocycles. The van der Waals surface area contributed by atoms with E-state index in [0.29, 0.717) is 0 Å². The Morgan fingerprint density at radius 1 is 0.645 bits per heavy atom. The number of nitrogens with zero attached hydrogens (tertiary/aromatic N) is 3. The fourth-order valence-electron chi connectivity index (χ4n) is 8.56. The largest absolute Gasteiger partial charge is 0.500 e. The topological polar surface area (TPSA) is 43.9 Å². The van der Waals surface area contributed by atoms with E-state index in [1.54, 1.807) is 0 Å². The summed E-state index contributed by atoms with van der Waals surface area (Å²) in [6.07, 6.45) is 2.00. The molecule has 0 aliphatic carbocycles. The maximum absolute atomic E-state index is 8.44. The molecule has 0 saturated heterocycles. The van der Waals surface area contributed by atoms with Gasteiger partial charge in [-0.3, -0.25) is 4.98 Å². The molecule has 0 spiro atoms. The minimum Gasteiger partial charge on any atom is -0.500 e. The molecule has 305 valence electrons. The van der Waals surface area contributed by atoms with Crippen LogP contribution in [0.3, 0.4) is 0 Å². The van der Waals surface area contributed by atoms with Gasteiger partial charge < -0.3 is 8.98 Å². The van der Waals surface area contributed by atoms with Crippen LogP contribution in [0.5, 0.6) is 0 Å². The predicted molar refractivity (Wildman–Crippen MR) is 259 cm³/mol. The summed E-state index contributed by atoms with van der Waals surface area (Å²) in [5.74, 6) is 7.25. The molecule has 4 nitrogen and oxygen atoms in total. The molecule has 6 heteroatoms. The van der Waals surface area contributed by atoms with Gasteiger partial charge in [-0.15, -0.1) is 18.2 Å². The predicted octanol–water partition coefficient (Wildman–Crippen LogP) is 14.6. The van der Waals surface area contributed by atoms with E-state index in [1.807, 2.05) is 50.4 Å². The van der Waals surface area contributed by atoms with Crippen molar-refractivity contribution < 1.29 is 25.9 Å². The number of furan rings is 1. The molecule has 0 fully saturated rings. The van der Waals surface area contributed by atoms with Gasteiger partial charge in [0, 0.05) is 47.5 Å². The SMILES string of the molecule is [2H]C(C)(C)c1cc(-c2[c-]cccc2)nc[c]1[Ge]([CH3])([CH3])[CH3].[Ir].[c-]1ccc2c(oc3c4ccccc4ccc23)c1-c1nc2c3ccccc3ccc2n1-c1ccccc1-c1ccccc1. The summed E-state index contributed by atoms with van der Waals surface area (Å²) in [5, 5.41) is 6.70. The quantitative estimate of drug-likeness (QED) is 0.123. The van der Waals surface area contributed by atoms with Crippen molar-refractivity contribution in [3.05, 3.63) is 194 Å². The first kappa shape index (κ1) is 40.0. The minimum absolute atomic E-state index is 0. The van der Waals surface area contributed by atoms with E-state index in [-0.39, 0.29) is 20.1 Å². The molecular weight excluding hydrogens is 995 g/mol. The molecule has 0 unspecified atom stereocenters. The maximum Gasteiger partial charge on any atom is 0.128 e. The second-order valence-corrected chi connectivity index (χ2v) is 27.4. The molecule has 0 amide bonds. The molecule has 0 saturated carbocycles. The van der Waals surface area contributed by atoms with Crippen LogP contribution in [-0.2, 0) is 20.1 Å². The van der Waals surface area contributed by atoms with Crippen LogP contribution in [0.4, 0.5) is 0 Å². The van der Waals surface area contributed by atoms with Crippen molar-refractivity contribution in [2.24, 2.45) is 0 Å². The summed E-state index contributed by atoms with van der Waals surface area (Å²) >= 11 is -2.03. The average Bonchev–Trinajstić information content (AvgIpc) is 3.89. The Morgan fingerprint density at radius 2 is 1.32 bits per heavy atom. The number of imidazole rings is 1. The summed E-state index contributed by atoms with van der Waals surface area (Å²) in [6.45, 7) is 3.91. The third-order valence-corrected chi connectivity index (χ3v) is 15.8. The van der Waals surface area contributed by atoms with Crippen molar-refractivity contribution in [2.75, 3.05) is 0 Å². The van der Waals surface area contributed by atoms with E-state index in [1.165, 1.54) is 4.40 Å². The van der Waals surface area contributed by atoms with Crippen molar-refractivity contribution in [1.29, 1.82) is 0 Å². The molecule has 0 N–H and O–H groups in total. The summed E-state index contributed by atoms with van der Waals surface area (Å²) in [4.78, 5) is 10.00. The third kappa shape index (κ3) is 7.49. The molecule has 1 radical (unpaired) electrons. The first-order valence-corrected chi connectivity index (χ1v) is 28.2.